The minimum absolute atomic E-state index is 0.200. The van der Waals surface area contributed by atoms with E-state index < -0.39 is 67.2 Å². The van der Waals surface area contributed by atoms with Gasteiger partial charge in [0, 0.05) is 19.3 Å². The van der Waals surface area contributed by atoms with E-state index >= 15 is 0 Å². The molecule has 270 valence electrons. The second-order valence-corrected chi connectivity index (χ2v) is 12.4. The molecule has 46 heavy (non-hydrogen) atoms. The number of aliphatic hydroxyl groups is 5. The Kier molecular flexibility index (Phi) is 21.1. The average Bonchev–Trinajstić information content (AvgIpc) is 3.04. The molecule has 2 fully saturated rings. The topological polar surface area (TPSA) is 233 Å². The molecule has 2 heterocycles. The first-order valence-electron chi connectivity index (χ1n) is 17.3. The highest BCUT2D eigenvalue weighted by Gasteiger charge is 2.47. The van der Waals surface area contributed by atoms with Crippen molar-refractivity contribution in [1.82, 2.24) is 0 Å². The van der Waals surface area contributed by atoms with E-state index in [1.54, 1.807) is 0 Å². The Morgan fingerprint density at radius 2 is 1.00 bits per heavy atom. The van der Waals surface area contributed by atoms with Crippen LogP contribution in [0.2, 0.25) is 0 Å². The molecule has 2 aliphatic heterocycles. The lowest BCUT2D eigenvalue weighted by Crippen LogP contribution is -2.61. The Morgan fingerprint density at radius 3 is 1.48 bits per heavy atom. The van der Waals surface area contributed by atoms with Gasteiger partial charge in [-0.3, -0.25) is 9.59 Å². The molecule has 2 rings (SSSR count). The van der Waals surface area contributed by atoms with Gasteiger partial charge in [0.2, 0.25) is 0 Å². The SMILES string of the molecule is NCCCCCCCCCC(=O)OCC1O[C@H](O[C@@H]2CC(O)[C@H](O)C(COC(=O)CCCCCCCCCN)O2)C(O)C(O)[C@@H]1O. The number of carbonyl (C=O) groups is 2. The third kappa shape index (κ3) is 15.6. The summed E-state index contributed by atoms with van der Waals surface area (Å²) in [6, 6.07) is 0. The number of ether oxygens (including phenoxy) is 5. The van der Waals surface area contributed by atoms with Crippen molar-refractivity contribution in [3.05, 3.63) is 0 Å². The van der Waals surface area contributed by atoms with Crippen LogP contribution in [-0.4, -0.2) is 119 Å². The fourth-order valence-electron chi connectivity index (χ4n) is 5.55. The third-order valence-corrected chi connectivity index (χ3v) is 8.48. The normalized spacial score (nSPS) is 29.8. The maximum Gasteiger partial charge on any atom is 0.305 e. The molecular formula is C32H60N2O12. The molecule has 9 atom stereocenters. The second kappa shape index (κ2) is 23.8. The van der Waals surface area contributed by atoms with Crippen LogP contribution < -0.4 is 11.5 Å². The summed E-state index contributed by atoms with van der Waals surface area (Å²) in [5, 5.41) is 52.1. The van der Waals surface area contributed by atoms with Crippen LogP contribution >= 0.6 is 0 Å². The number of unbranched alkanes of at least 4 members (excludes halogenated alkanes) is 12. The lowest BCUT2D eigenvalue weighted by molar-refractivity contribution is -0.358. The van der Waals surface area contributed by atoms with Gasteiger partial charge in [-0.15, -0.1) is 0 Å². The fraction of sp³-hybridized carbons (Fsp3) is 0.938. The third-order valence-electron chi connectivity index (χ3n) is 8.48. The highest BCUT2D eigenvalue weighted by molar-refractivity contribution is 5.69. The number of carbonyl (C=O) groups excluding carboxylic acids is 2. The Bertz CT molecular complexity index is 824. The van der Waals surface area contributed by atoms with Crippen LogP contribution in [0, 0.1) is 0 Å². The predicted molar refractivity (Wildman–Crippen MR) is 167 cm³/mol. The summed E-state index contributed by atoms with van der Waals surface area (Å²) in [6.45, 7) is 0.711. The van der Waals surface area contributed by atoms with Gasteiger partial charge in [-0.25, -0.2) is 0 Å². The van der Waals surface area contributed by atoms with Crippen molar-refractivity contribution in [3.63, 3.8) is 0 Å². The molecular weight excluding hydrogens is 604 g/mol. The molecule has 0 radical (unpaired) electrons. The molecule has 2 saturated heterocycles. The van der Waals surface area contributed by atoms with Crippen LogP contribution in [-0.2, 0) is 33.3 Å². The molecule has 0 aromatic carbocycles. The molecule has 9 N–H and O–H groups in total. The van der Waals surface area contributed by atoms with Crippen LogP contribution in [0.15, 0.2) is 0 Å². The van der Waals surface area contributed by atoms with Crippen LogP contribution in [0.1, 0.15) is 109 Å². The van der Waals surface area contributed by atoms with Crippen molar-refractivity contribution in [2.24, 2.45) is 11.5 Å². The number of hydrogen-bond acceptors (Lipinski definition) is 14. The van der Waals surface area contributed by atoms with E-state index in [1.807, 2.05) is 0 Å². The molecule has 0 spiro atoms. The van der Waals surface area contributed by atoms with Gasteiger partial charge in [0.05, 0.1) is 6.10 Å². The summed E-state index contributed by atoms with van der Waals surface area (Å²) in [6.07, 6.45) is 1.48. The Balaban J connectivity index is 1.74. The molecule has 0 amide bonds. The van der Waals surface area contributed by atoms with Crippen molar-refractivity contribution in [3.8, 4) is 0 Å². The summed E-state index contributed by atoms with van der Waals surface area (Å²) in [5.74, 6) is -0.921. The van der Waals surface area contributed by atoms with E-state index in [4.69, 9.17) is 35.2 Å². The Labute approximate surface area is 273 Å². The number of esters is 2. The van der Waals surface area contributed by atoms with Gasteiger partial charge in [-0.1, -0.05) is 64.2 Å². The minimum atomic E-state index is -1.68. The number of hydrogen-bond donors (Lipinski definition) is 7. The zero-order valence-electron chi connectivity index (χ0n) is 27.3. The first kappa shape index (κ1) is 40.7. The van der Waals surface area contributed by atoms with Gasteiger partial charge in [0.1, 0.15) is 49.8 Å². The summed E-state index contributed by atoms with van der Waals surface area (Å²) >= 11 is 0. The summed E-state index contributed by atoms with van der Waals surface area (Å²) < 4.78 is 27.5. The van der Waals surface area contributed by atoms with Crippen LogP contribution in [0.3, 0.4) is 0 Å². The largest absolute Gasteiger partial charge is 0.463 e. The van der Waals surface area contributed by atoms with E-state index in [1.165, 1.54) is 0 Å². The van der Waals surface area contributed by atoms with E-state index in [0.717, 1.165) is 77.0 Å². The fourth-order valence-corrected chi connectivity index (χ4v) is 5.55. The van der Waals surface area contributed by atoms with Gasteiger partial charge < -0.3 is 60.7 Å². The minimum Gasteiger partial charge on any atom is -0.463 e. The Morgan fingerprint density at radius 1 is 0.565 bits per heavy atom. The highest BCUT2D eigenvalue weighted by Crippen LogP contribution is 2.28. The standard InChI is InChI=1S/C32H60N2O12/c33-17-13-9-5-1-3-7-11-15-25(36)42-20-23-28(38)22(35)19-27(44-23)46-32-31(41)30(40)29(39)24(45-32)21-43-26(37)16-12-8-4-2-6-10-14-18-34/h22-24,27-32,35,38-41H,1-21,33-34H2/t22?,23?,24?,27-,28+,29-,30?,31?,32-/m1/s1. The van der Waals surface area contributed by atoms with Gasteiger partial charge in [0.25, 0.3) is 0 Å². The molecule has 14 nitrogen and oxygen atoms in total. The lowest BCUT2D eigenvalue weighted by atomic mass is 9.99. The van der Waals surface area contributed by atoms with E-state index in [9.17, 15) is 35.1 Å². The molecule has 0 aromatic rings. The smallest absolute Gasteiger partial charge is 0.305 e. The van der Waals surface area contributed by atoms with Crippen LogP contribution in [0.5, 0.6) is 0 Å². The summed E-state index contributed by atoms with van der Waals surface area (Å²) in [5.41, 5.74) is 11.0. The number of aliphatic hydroxyl groups excluding tert-OH is 5. The van der Waals surface area contributed by atoms with E-state index in [2.05, 4.69) is 0 Å². The highest BCUT2D eigenvalue weighted by atomic mass is 16.8. The average molecular weight is 665 g/mol. The van der Waals surface area contributed by atoms with E-state index in [0.29, 0.717) is 25.9 Å². The molecule has 14 heteroatoms. The van der Waals surface area contributed by atoms with Crippen molar-refractivity contribution < 1.29 is 58.8 Å². The van der Waals surface area contributed by atoms with Crippen LogP contribution in [0.25, 0.3) is 0 Å². The molecule has 0 aromatic heterocycles. The number of rotatable bonds is 24. The van der Waals surface area contributed by atoms with Crippen molar-refractivity contribution in [1.29, 1.82) is 0 Å². The summed E-state index contributed by atoms with van der Waals surface area (Å²) in [7, 11) is 0. The van der Waals surface area contributed by atoms with Crippen molar-refractivity contribution in [2.45, 2.75) is 164 Å². The zero-order valence-corrected chi connectivity index (χ0v) is 27.3. The summed E-state index contributed by atoms with van der Waals surface area (Å²) in [4.78, 5) is 24.4. The van der Waals surface area contributed by atoms with Gasteiger partial charge >= 0.3 is 11.9 Å². The lowest BCUT2D eigenvalue weighted by Gasteiger charge is -2.43. The zero-order chi connectivity index (χ0) is 33.7. The first-order chi connectivity index (χ1) is 22.2. The van der Waals surface area contributed by atoms with Gasteiger partial charge in [0.15, 0.2) is 12.6 Å². The van der Waals surface area contributed by atoms with Gasteiger partial charge in [-0.05, 0) is 38.8 Å². The quantitative estimate of drug-likeness (QED) is 0.0561. The van der Waals surface area contributed by atoms with Crippen LogP contribution in [0.4, 0.5) is 0 Å². The molecule has 5 unspecified atom stereocenters. The monoisotopic (exact) mass is 664 g/mol. The Hall–Kier alpha value is -1.46. The molecule has 0 bridgehead atoms. The number of nitrogens with two attached hydrogens (primary N) is 2. The van der Waals surface area contributed by atoms with Crippen molar-refractivity contribution in [2.75, 3.05) is 26.3 Å². The predicted octanol–water partition coefficient (Wildman–Crippen LogP) is 0.893. The van der Waals surface area contributed by atoms with Gasteiger partial charge in [-0.2, -0.15) is 0 Å². The first-order valence-corrected chi connectivity index (χ1v) is 17.3. The van der Waals surface area contributed by atoms with E-state index in [-0.39, 0.29) is 32.5 Å². The maximum absolute atomic E-state index is 12.2. The van der Waals surface area contributed by atoms with Crippen molar-refractivity contribution >= 4 is 11.9 Å². The second-order valence-electron chi connectivity index (χ2n) is 12.4. The maximum atomic E-state index is 12.2. The molecule has 0 aliphatic carbocycles. The molecule has 0 saturated carbocycles. The molecule has 2 aliphatic rings.